The molecule has 0 aliphatic heterocycles. The van der Waals surface area contributed by atoms with Crippen molar-refractivity contribution in [3.8, 4) is 5.75 Å². The second-order valence-electron chi connectivity index (χ2n) is 4.92. The minimum Gasteiger partial charge on any atom is -0.507 e. The van der Waals surface area contributed by atoms with Gasteiger partial charge in [0.05, 0.1) is 0 Å². The topological polar surface area (TPSA) is 99.0 Å². The Labute approximate surface area is 133 Å². The molecule has 0 unspecified atom stereocenters. The van der Waals surface area contributed by atoms with Gasteiger partial charge >= 0.3 is 0 Å². The van der Waals surface area contributed by atoms with Gasteiger partial charge < -0.3 is 14.9 Å². The summed E-state index contributed by atoms with van der Waals surface area (Å²) in [5.41, 5.74) is 2.06. The first kappa shape index (κ1) is 17.0. The SMILES string of the molecule is CCO[C@H](/C=C/C(=O)NO)[C@H](O)c1ccc(O)c2ccccc12. The molecule has 23 heavy (non-hydrogen) atoms. The molecule has 0 heterocycles. The van der Waals surface area contributed by atoms with Gasteiger partial charge in [-0.25, -0.2) is 5.48 Å². The Bertz CT molecular complexity index is 713. The lowest BCUT2D eigenvalue weighted by atomic mass is 9.96. The minimum atomic E-state index is -1.04. The second kappa shape index (κ2) is 7.73. The van der Waals surface area contributed by atoms with Crippen LogP contribution in [0.15, 0.2) is 48.6 Å². The monoisotopic (exact) mass is 317 g/mol. The molecule has 0 saturated carbocycles. The largest absolute Gasteiger partial charge is 0.507 e. The summed E-state index contributed by atoms with van der Waals surface area (Å²) < 4.78 is 5.47. The van der Waals surface area contributed by atoms with Gasteiger partial charge in [-0.3, -0.25) is 10.0 Å². The number of carbonyl (C=O) groups is 1. The lowest BCUT2D eigenvalue weighted by molar-refractivity contribution is -0.124. The summed E-state index contributed by atoms with van der Waals surface area (Å²) in [4.78, 5) is 11.1. The smallest absolute Gasteiger partial charge is 0.267 e. The maximum atomic E-state index is 11.1. The summed E-state index contributed by atoms with van der Waals surface area (Å²) >= 11 is 0. The summed E-state index contributed by atoms with van der Waals surface area (Å²) in [6, 6.07) is 10.3. The number of ether oxygens (including phenoxy) is 1. The second-order valence-corrected chi connectivity index (χ2v) is 4.92. The van der Waals surface area contributed by atoms with Crippen LogP contribution in [0.25, 0.3) is 10.8 Å². The van der Waals surface area contributed by atoms with E-state index in [4.69, 9.17) is 9.94 Å². The van der Waals surface area contributed by atoms with Crippen LogP contribution in [0.5, 0.6) is 5.75 Å². The Hall–Kier alpha value is -2.41. The van der Waals surface area contributed by atoms with E-state index in [1.165, 1.54) is 17.6 Å². The average molecular weight is 317 g/mol. The van der Waals surface area contributed by atoms with Crippen molar-refractivity contribution >= 4 is 16.7 Å². The molecule has 2 aromatic rings. The first-order chi connectivity index (χ1) is 11.1. The van der Waals surface area contributed by atoms with Crippen LogP contribution in [0.2, 0.25) is 0 Å². The zero-order valence-corrected chi connectivity index (χ0v) is 12.6. The van der Waals surface area contributed by atoms with E-state index in [0.29, 0.717) is 22.9 Å². The standard InChI is InChI=1S/C17H19NO5/c1-2-23-15(9-10-16(20)18-22)17(21)13-7-8-14(19)12-6-4-3-5-11(12)13/h3-10,15,17,19,21-22H,2H2,1H3,(H,18,20)/b10-9+/t15-,17-/m1/s1. The van der Waals surface area contributed by atoms with Gasteiger partial charge in [-0.15, -0.1) is 0 Å². The van der Waals surface area contributed by atoms with Crippen LogP contribution in [0, 0.1) is 0 Å². The molecule has 0 radical (unpaired) electrons. The van der Waals surface area contributed by atoms with Crippen molar-refractivity contribution in [2.45, 2.75) is 19.1 Å². The first-order valence-electron chi connectivity index (χ1n) is 7.21. The highest BCUT2D eigenvalue weighted by Gasteiger charge is 2.21. The number of aromatic hydroxyl groups is 1. The third kappa shape index (κ3) is 3.87. The van der Waals surface area contributed by atoms with Crippen LogP contribution in [-0.4, -0.2) is 34.0 Å². The Morgan fingerprint density at radius 1 is 1.26 bits per heavy atom. The van der Waals surface area contributed by atoms with Crippen LogP contribution in [0.4, 0.5) is 0 Å². The number of rotatable bonds is 6. The highest BCUT2D eigenvalue weighted by atomic mass is 16.5. The van der Waals surface area contributed by atoms with Gasteiger partial charge in [-0.1, -0.05) is 30.3 Å². The lowest BCUT2D eigenvalue weighted by Gasteiger charge is -2.22. The maximum absolute atomic E-state index is 11.1. The number of carbonyl (C=O) groups excluding carboxylic acids is 1. The van der Waals surface area contributed by atoms with Crippen molar-refractivity contribution in [2.24, 2.45) is 0 Å². The van der Waals surface area contributed by atoms with E-state index in [2.05, 4.69) is 0 Å². The van der Waals surface area contributed by atoms with E-state index in [0.717, 1.165) is 6.08 Å². The van der Waals surface area contributed by atoms with Crippen LogP contribution in [0.3, 0.4) is 0 Å². The zero-order chi connectivity index (χ0) is 16.8. The predicted octanol–water partition coefficient (Wildman–Crippen LogP) is 2.05. The number of aliphatic hydroxyl groups is 1. The quantitative estimate of drug-likeness (QED) is 0.371. The van der Waals surface area contributed by atoms with Crippen LogP contribution in [0.1, 0.15) is 18.6 Å². The molecule has 0 aromatic heterocycles. The molecule has 0 aliphatic rings. The van der Waals surface area contributed by atoms with Crippen molar-refractivity contribution in [1.29, 1.82) is 0 Å². The summed E-state index contributed by atoms with van der Waals surface area (Å²) in [6.45, 7) is 2.11. The number of benzene rings is 2. The molecule has 6 heteroatoms. The number of hydrogen-bond donors (Lipinski definition) is 4. The summed E-state index contributed by atoms with van der Waals surface area (Å²) in [5, 5.41) is 30.4. The molecule has 0 bridgehead atoms. The van der Waals surface area contributed by atoms with Gasteiger partial charge in [0.15, 0.2) is 0 Å². The molecule has 122 valence electrons. The number of fused-ring (bicyclic) bond motifs is 1. The molecule has 2 rings (SSSR count). The van der Waals surface area contributed by atoms with Crippen molar-refractivity contribution in [2.75, 3.05) is 6.61 Å². The number of hydrogen-bond acceptors (Lipinski definition) is 5. The first-order valence-corrected chi connectivity index (χ1v) is 7.21. The molecule has 0 fully saturated rings. The fourth-order valence-corrected chi connectivity index (χ4v) is 2.41. The molecular weight excluding hydrogens is 298 g/mol. The normalized spacial score (nSPS) is 14.0. The Kier molecular flexibility index (Phi) is 5.70. The van der Waals surface area contributed by atoms with Crippen molar-refractivity contribution in [3.63, 3.8) is 0 Å². The summed E-state index contributed by atoms with van der Waals surface area (Å²) in [5.74, 6) is -0.586. The molecular formula is C17H19NO5. The summed E-state index contributed by atoms with van der Waals surface area (Å²) in [6.07, 6.45) is 0.654. The molecule has 6 nitrogen and oxygen atoms in total. The summed E-state index contributed by atoms with van der Waals surface area (Å²) in [7, 11) is 0. The van der Waals surface area contributed by atoms with E-state index in [-0.39, 0.29) is 5.75 Å². The highest BCUT2D eigenvalue weighted by molar-refractivity contribution is 5.91. The van der Waals surface area contributed by atoms with E-state index < -0.39 is 18.1 Å². The maximum Gasteiger partial charge on any atom is 0.267 e. The van der Waals surface area contributed by atoms with Crippen LogP contribution in [-0.2, 0) is 9.53 Å². The predicted molar refractivity (Wildman–Crippen MR) is 85.1 cm³/mol. The van der Waals surface area contributed by atoms with Gasteiger partial charge in [0.2, 0.25) is 0 Å². The van der Waals surface area contributed by atoms with Gasteiger partial charge in [0.25, 0.3) is 5.91 Å². The third-order valence-electron chi connectivity index (χ3n) is 3.47. The Morgan fingerprint density at radius 3 is 2.61 bits per heavy atom. The van der Waals surface area contributed by atoms with Gasteiger partial charge in [0, 0.05) is 18.1 Å². The van der Waals surface area contributed by atoms with E-state index >= 15 is 0 Å². The fourth-order valence-electron chi connectivity index (χ4n) is 2.41. The van der Waals surface area contributed by atoms with Crippen LogP contribution < -0.4 is 5.48 Å². The Morgan fingerprint density at radius 2 is 1.96 bits per heavy atom. The average Bonchev–Trinajstić information content (AvgIpc) is 2.58. The Balaban J connectivity index is 2.40. The van der Waals surface area contributed by atoms with Crippen LogP contribution >= 0.6 is 0 Å². The van der Waals surface area contributed by atoms with Gasteiger partial charge in [-0.2, -0.15) is 0 Å². The number of phenols is 1. The van der Waals surface area contributed by atoms with Crippen molar-refractivity contribution < 1.29 is 25.0 Å². The number of aliphatic hydroxyl groups excluding tert-OH is 1. The van der Waals surface area contributed by atoms with E-state index in [1.54, 1.807) is 31.2 Å². The molecule has 2 aromatic carbocycles. The zero-order valence-electron chi connectivity index (χ0n) is 12.6. The molecule has 4 N–H and O–H groups in total. The lowest BCUT2D eigenvalue weighted by Crippen LogP contribution is -2.22. The third-order valence-corrected chi connectivity index (χ3v) is 3.47. The number of phenolic OH excluding ortho intramolecular Hbond substituents is 1. The fraction of sp³-hybridized carbons (Fsp3) is 0.235. The number of nitrogens with one attached hydrogen (secondary N) is 1. The van der Waals surface area contributed by atoms with E-state index in [1.807, 2.05) is 6.07 Å². The number of hydroxylamine groups is 1. The van der Waals surface area contributed by atoms with Gasteiger partial charge in [0.1, 0.15) is 18.0 Å². The van der Waals surface area contributed by atoms with Crippen molar-refractivity contribution in [1.82, 2.24) is 5.48 Å². The van der Waals surface area contributed by atoms with Gasteiger partial charge in [-0.05, 0) is 30.0 Å². The minimum absolute atomic E-state index is 0.125. The number of amides is 1. The molecule has 0 saturated heterocycles. The van der Waals surface area contributed by atoms with E-state index in [9.17, 15) is 15.0 Å². The van der Waals surface area contributed by atoms with Crippen molar-refractivity contribution in [3.05, 3.63) is 54.1 Å². The molecule has 2 atom stereocenters. The molecule has 1 amide bonds. The molecule has 0 spiro atoms. The highest BCUT2D eigenvalue weighted by Crippen LogP contribution is 2.32. The molecule has 0 aliphatic carbocycles.